The summed E-state index contributed by atoms with van der Waals surface area (Å²) >= 11 is 0. The number of rotatable bonds is 5. The molecule has 1 fully saturated rings. The number of hydrogen-bond acceptors (Lipinski definition) is 3. The number of nitrogens with zero attached hydrogens (tertiary/aromatic N) is 3. The van der Waals surface area contributed by atoms with Gasteiger partial charge in [0.1, 0.15) is 0 Å². The van der Waals surface area contributed by atoms with Crippen molar-refractivity contribution in [1.29, 1.82) is 0 Å². The summed E-state index contributed by atoms with van der Waals surface area (Å²) < 4.78 is 1.88. The number of carboxylic acid groups (broad SMARTS) is 1. The molecule has 1 saturated heterocycles. The van der Waals surface area contributed by atoms with E-state index in [-0.39, 0.29) is 0 Å². The van der Waals surface area contributed by atoms with Crippen LogP contribution in [0.1, 0.15) is 25.5 Å². The third-order valence-electron chi connectivity index (χ3n) is 4.17. The Labute approximate surface area is 107 Å². The Morgan fingerprint density at radius 1 is 1.61 bits per heavy atom. The first-order chi connectivity index (χ1) is 8.57. The van der Waals surface area contributed by atoms with Gasteiger partial charge in [-0.2, -0.15) is 5.10 Å². The SMILES string of the molecule is CCC1(C(=O)O)CCN(CCc2ccnn2C)C1. The molecule has 1 N–H and O–H groups in total. The second kappa shape index (κ2) is 5.10. The van der Waals surface area contributed by atoms with Gasteiger partial charge in [0.15, 0.2) is 0 Å². The third kappa shape index (κ3) is 2.41. The minimum Gasteiger partial charge on any atom is -0.481 e. The van der Waals surface area contributed by atoms with Crippen molar-refractivity contribution in [1.82, 2.24) is 14.7 Å². The Kier molecular flexibility index (Phi) is 3.71. The van der Waals surface area contributed by atoms with Crippen LogP contribution >= 0.6 is 0 Å². The van der Waals surface area contributed by atoms with Crippen LogP contribution in [0.4, 0.5) is 0 Å². The summed E-state index contributed by atoms with van der Waals surface area (Å²) in [5, 5.41) is 13.5. The minimum absolute atomic E-state index is 0.521. The molecule has 0 amide bonds. The second-order valence-electron chi connectivity index (χ2n) is 5.16. The fourth-order valence-corrected chi connectivity index (χ4v) is 2.68. The normalized spacial score (nSPS) is 24.6. The van der Waals surface area contributed by atoms with Crippen LogP contribution in [0.25, 0.3) is 0 Å². The van der Waals surface area contributed by atoms with E-state index in [0.717, 1.165) is 25.9 Å². The molecule has 5 heteroatoms. The minimum atomic E-state index is -0.645. The van der Waals surface area contributed by atoms with Crippen LogP contribution in [0.3, 0.4) is 0 Å². The molecule has 1 unspecified atom stereocenters. The molecule has 0 spiro atoms. The number of carbonyl (C=O) groups is 1. The van der Waals surface area contributed by atoms with Crippen LogP contribution in [-0.2, 0) is 18.3 Å². The molecule has 0 aromatic carbocycles. The van der Waals surface area contributed by atoms with Gasteiger partial charge >= 0.3 is 5.97 Å². The molecule has 5 nitrogen and oxygen atoms in total. The summed E-state index contributed by atoms with van der Waals surface area (Å²) in [6, 6.07) is 2.01. The van der Waals surface area contributed by atoms with E-state index in [1.54, 1.807) is 6.20 Å². The molecule has 0 bridgehead atoms. The van der Waals surface area contributed by atoms with Crippen molar-refractivity contribution in [2.45, 2.75) is 26.2 Å². The molecular weight excluding hydrogens is 230 g/mol. The molecule has 100 valence electrons. The zero-order valence-electron chi connectivity index (χ0n) is 11.1. The number of aliphatic carboxylic acids is 1. The first-order valence-electron chi connectivity index (χ1n) is 6.50. The summed E-state index contributed by atoms with van der Waals surface area (Å²) in [5.41, 5.74) is 0.672. The van der Waals surface area contributed by atoms with Gasteiger partial charge < -0.3 is 10.0 Å². The number of likely N-dealkylation sites (tertiary alicyclic amines) is 1. The Morgan fingerprint density at radius 3 is 2.89 bits per heavy atom. The van der Waals surface area contributed by atoms with E-state index in [2.05, 4.69) is 10.00 Å². The van der Waals surface area contributed by atoms with Gasteiger partial charge in [-0.25, -0.2) is 0 Å². The molecule has 2 heterocycles. The number of carboxylic acids is 1. The summed E-state index contributed by atoms with van der Waals surface area (Å²) in [7, 11) is 1.94. The standard InChI is InChI=1S/C13H21N3O2/c1-3-13(12(17)18)6-9-16(10-13)8-5-11-4-7-14-15(11)2/h4,7H,3,5-6,8-10H2,1-2H3,(H,17,18). The van der Waals surface area contributed by atoms with Crippen molar-refractivity contribution in [3.63, 3.8) is 0 Å². The van der Waals surface area contributed by atoms with E-state index in [0.29, 0.717) is 13.0 Å². The number of hydrogen-bond donors (Lipinski definition) is 1. The monoisotopic (exact) mass is 251 g/mol. The maximum Gasteiger partial charge on any atom is 0.310 e. The zero-order chi connectivity index (χ0) is 13.2. The third-order valence-corrected chi connectivity index (χ3v) is 4.17. The zero-order valence-corrected chi connectivity index (χ0v) is 11.1. The van der Waals surface area contributed by atoms with Crippen molar-refractivity contribution in [3.8, 4) is 0 Å². The van der Waals surface area contributed by atoms with Gasteiger partial charge in [-0.3, -0.25) is 9.48 Å². The van der Waals surface area contributed by atoms with Gasteiger partial charge in [-0.05, 0) is 25.5 Å². The molecule has 0 aliphatic carbocycles. The fraction of sp³-hybridized carbons (Fsp3) is 0.692. The molecule has 1 aromatic heterocycles. The van der Waals surface area contributed by atoms with Crippen LogP contribution < -0.4 is 0 Å². The predicted molar refractivity (Wildman–Crippen MR) is 68.3 cm³/mol. The van der Waals surface area contributed by atoms with Crippen molar-refractivity contribution >= 4 is 5.97 Å². The van der Waals surface area contributed by atoms with E-state index in [1.165, 1.54) is 5.69 Å². The molecule has 1 aromatic rings. The van der Waals surface area contributed by atoms with Crippen molar-refractivity contribution in [2.24, 2.45) is 12.5 Å². The van der Waals surface area contributed by atoms with Gasteiger partial charge in [-0.15, -0.1) is 0 Å². The van der Waals surface area contributed by atoms with Gasteiger partial charge in [0.25, 0.3) is 0 Å². The van der Waals surface area contributed by atoms with E-state index >= 15 is 0 Å². The largest absolute Gasteiger partial charge is 0.481 e. The van der Waals surface area contributed by atoms with Crippen LogP contribution in [0, 0.1) is 5.41 Å². The van der Waals surface area contributed by atoms with Crippen molar-refractivity contribution < 1.29 is 9.90 Å². The molecule has 1 aliphatic rings. The van der Waals surface area contributed by atoms with Crippen LogP contribution in [0.5, 0.6) is 0 Å². The maximum absolute atomic E-state index is 11.3. The van der Waals surface area contributed by atoms with Gasteiger partial charge in [0.2, 0.25) is 0 Å². The fourth-order valence-electron chi connectivity index (χ4n) is 2.68. The average Bonchev–Trinajstić information content (AvgIpc) is 2.93. The molecule has 1 atom stereocenters. The number of aromatic nitrogens is 2. The van der Waals surface area contributed by atoms with E-state index < -0.39 is 11.4 Å². The quantitative estimate of drug-likeness (QED) is 0.853. The Hall–Kier alpha value is -1.36. The molecule has 0 saturated carbocycles. The van der Waals surface area contributed by atoms with Crippen LogP contribution in [0.2, 0.25) is 0 Å². The lowest BCUT2D eigenvalue weighted by Gasteiger charge is -2.23. The Bertz CT molecular complexity index is 430. The van der Waals surface area contributed by atoms with E-state index in [4.69, 9.17) is 0 Å². The molecule has 1 aliphatic heterocycles. The van der Waals surface area contributed by atoms with Gasteiger partial charge in [0.05, 0.1) is 5.41 Å². The van der Waals surface area contributed by atoms with Crippen LogP contribution in [-0.4, -0.2) is 45.4 Å². The first-order valence-corrected chi connectivity index (χ1v) is 6.50. The average molecular weight is 251 g/mol. The van der Waals surface area contributed by atoms with Gasteiger partial charge in [0, 0.05) is 38.4 Å². The highest BCUT2D eigenvalue weighted by Gasteiger charge is 2.42. The van der Waals surface area contributed by atoms with Crippen molar-refractivity contribution in [3.05, 3.63) is 18.0 Å². The van der Waals surface area contributed by atoms with Gasteiger partial charge in [-0.1, -0.05) is 6.92 Å². The smallest absolute Gasteiger partial charge is 0.310 e. The summed E-state index contributed by atoms with van der Waals surface area (Å²) in [4.78, 5) is 13.6. The first kappa shape index (κ1) is 13.1. The molecule has 18 heavy (non-hydrogen) atoms. The molecule has 0 radical (unpaired) electrons. The van der Waals surface area contributed by atoms with E-state index in [1.807, 2.05) is 24.7 Å². The maximum atomic E-state index is 11.3. The van der Waals surface area contributed by atoms with E-state index in [9.17, 15) is 9.90 Å². The molecule has 2 rings (SSSR count). The summed E-state index contributed by atoms with van der Waals surface area (Å²) in [6.07, 6.45) is 4.21. The summed E-state index contributed by atoms with van der Waals surface area (Å²) in [5.74, 6) is -0.645. The Balaban J connectivity index is 1.90. The predicted octanol–water partition coefficient (Wildman–Crippen LogP) is 1.15. The van der Waals surface area contributed by atoms with Crippen molar-refractivity contribution in [2.75, 3.05) is 19.6 Å². The Morgan fingerprint density at radius 2 is 2.39 bits per heavy atom. The lowest BCUT2D eigenvalue weighted by molar-refractivity contribution is -0.148. The lowest BCUT2D eigenvalue weighted by atomic mass is 9.84. The second-order valence-corrected chi connectivity index (χ2v) is 5.16. The highest BCUT2D eigenvalue weighted by atomic mass is 16.4. The molecular formula is C13H21N3O2. The number of aryl methyl sites for hydroxylation is 1. The highest BCUT2D eigenvalue weighted by molar-refractivity contribution is 5.75. The topological polar surface area (TPSA) is 58.4 Å². The summed E-state index contributed by atoms with van der Waals surface area (Å²) in [6.45, 7) is 4.45. The lowest BCUT2D eigenvalue weighted by Crippen LogP contribution is -2.34. The van der Waals surface area contributed by atoms with Crippen LogP contribution in [0.15, 0.2) is 12.3 Å². The highest BCUT2D eigenvalue weighted by Crippen LogP contribution is 2.34.